The Bertz CT molecular complexity index is 1150. The average molecular weight is 438 g/mol. The highest BCUT2D eigenvalue weighted by atomic mass is 32.2. The van der Waals surface area contributed by atoms with Crippen LogP contribution < -0.4 is 19.7 Å². The van der Waals surface area contributed by atoms with E-state index >= 15 is 0 Å². The van der Waals surface area contributed by atoms with Crippen LogP contribution in [0.15, 0.2) is 58.2 Å². The molecule has 9 nitrogen and oxygen atoms in total. The fourth-order valence-corrected chi connectivity index (χ4v) is 4.14. The summed E-state index contributed by atoms with van der Waals surface area (Å²) < 4.78 is 17.3. The second-order valence-corrected chi connectivity index (χ2v) is 8.31. The molecule has 0 saturated heterocycles. The second-order valence-electron chi connectivity index (χ2n) is 7.02. The molecule has 0 spiro atoms. The zero-order valence-electron chi connectivity index (χ0n) is 16.5. The highest BCUT2D eigenvalue weighted by Gasteiger charge is 2.32. The van der Waals surface area contributed by atoms with E-state index < -0.39 is 11.4 Å². The van der Waals surface area contributed by atoms with Crippen LogP contribution >= 0.6 is 11.8 Å². The summed E-state index contributed by atoms with van der Waals surface area (Å²) in [5, 5.41) is 10.6. The molecule has 5 rings (SSSR count). The minimum Gasteiger partial charge on any atom is -0.485 e. The normalized spacial score (nSPS) is 18.2. The summed E-state index contributed by atoms with van der Waals surface area (Å²) in [5.74, 6) is 1.09. The maximum atomic E-state index is 13.0. The first-order valence-corrected chi connectivity index (χ1v) is 10.6. The van der Waals surface area contributed by atoms with E-state index in [1.165, 1.54) is 4.90 Å². The molecule has 31 heavy (non-hydrogen) atoms. The average Bonchev–Trinajstić information content (AvgIpc) is 3.26. The lowest BCUT2D eigenvalue weighted by molar-refractivity contribution is -0.121. The number of ether oxygens (including phenoxy) is 2. The van der Waals surface area contributed by atoms with E-state index in [1.807, 2.05) is 24.3 Å². The number of benzene rings is 2. The molecule has 0 radical (unpaired) electrons. The molecule has 10 heteroatoms. The number of hydrogen-bond donors (Lipinski definition) is 1. The highest BCUT2D eigenvalue weighted by Crippen LogP contribution is 2.37. The quantitative estimate of drug-likeness (QED) is 0.620. The zero-order chi connectivity index (χ0) is 21.4. The highest BCUT2D eigenvalue weighted by molar-refractivity contribution is 8.00. The van der Waals surface area contributed by atoms with Gasteiger partial charge in [-0.2, -0.15) is 0 Å². The van der Waals surface area contributed by atoms with Crippen LogP contribution in [0.25, 0.3) is 0 Å². The van der Waals surface area contributed by atoms with Crippen molar-refractivity contribution in [2.24, 2.45) is 0 Å². The predicted octanol–water partition coefficient (Wildman–Crippen LogP) is 3.05. The number of thioether (sulfide) groups is 1. The Kier molecular flexibility index (Phi) is 4.99. The molecule has 0 fully saturated rings. The Hall–Kier alpha value is -3.53. The summed E-state index contributed by atoms with van der Waals surface area (Å²) in [4.78, 5) is 26.5. The van der Waals surface area contributed by atoms with Gasteiger partial charge in [-0.3, -0.25) is 14.5 Å². The lowest BCUT2D eigenvalue weighted by Crippen LogP contribution is -2.45. The van der Waals surface area contributed by atoms with Crippen LogP contribution in [0.4, 0.5) is 11.4 Å². The van der Waals surface area contributed by atoms with E-state index in [4.69, 9.17) is 13.9 Å². The number of para-hydroxylation sites is 4. The molecule has 2 aromatic carbocycles. The van der Waals surface area contributed by atoms with Crippen molar-refractivity contribution in [3.8, 4) is 11.5 Å². The molecule has 1 N–H and O–H groups in total. The maximum absolute atomic E-state index is 13.0. The Morgan fingerprint density at radius 1 is 1.16 bits per heavy atom. The van der Waals surface area contributed by atoms with E-state index in [0.29, 0.717) is 22.9 Å². The zero-order valence-corrected chi connectivity index (χ0v) is 17.3. The van der Waals surface area contributed by atoms with Gasteiger partial charge in [0.15, 0.2) is 11.5 Å². The number of amides is 2. The molecule has 3 aromatic rings. The van der Waals surface area contributed by atoms with Crippen LogP contribution in [0.3, 0.4) is 0 Å². The molecule has 2 atom stereocenters. The van der Waals surface area contributed by atoms with E-state index in [9.17, 15) is 9.59 Å². The summed E-state index contributed by atoms with van der Waals surface area (Å²) in [7, 11) is 0. The number of aromatic nitrogens is 2. The van der Waals surface area contributed by atoms with Gasteiger partial charge in [-0.1, -0.05) is 36.0 Å². The first kappa shape index (κ1) is 19.4. The first-order valence-electron chi connectivity index (χ1n) is 9.67. The molecule has 2 amide bonds. The van der Waals surface area contributed by atoms with Crippen molar-refractivity contribution in [2.75, 3.05) is 23.4 Å². The number of nitrogens with zero attached hydrogens (tertiary/aromatic N) is 3. The van der Waals surface area contributed by atoms with Gasteiger partial charge in [-0.25, -0.2) is 0 Å². The molecule has 158 valence electrons. The van der Waals surface area contributed by atoms with Crippen LogP contribution in [0.1, 0.15) is 18.9 Å². The van der Waals surface area contributed by atoms with Gasteiger partial charge < -0.3 is 19.2 Å². The van der Waals surface area contributed by atoms with Crippen LogP contribution in [-0.2, 0) is 9.59 Å². The molecule has 2 aliphatic heterocycles. The topological polar surface area (TPSA) is 107 Å². The summed E-state index contributed by atoms with van der Waals surface area (Å²) >= 11 is 1.13. The van der Waals surface area contributed by atoms with Gasteiger partial charge in [0, 0.05) is 0 Å². The lowest BCUT2D eigenvalue weighted by Gasteiger charge is -2.30. The van der Waals surface area contributed by atoms with Crippen LogP contribution in [0.5, 0.6) is 11.5 Å². The van der Waals surface area contributed by atoms with Gasteiger partial charge in [0.05, 0.1) is 16.6 Å². The fraction of sp³-hybridized carbons (Fsp3) is 0.238. The molecule has 3 heterocycles. The number of carbonyl (C=O) groups excluding carboxylic acids is 2. The van der Waals surface area contributed by atoms with Crippen molar-refractivity contribution < 1.29 is 23.5 Å². The molecule has 0 saturated carbocycles. The van der Waals surface area contributed by atoms with Gasteiger partial charge in [0.1, 0.15) is 13.2 Å². The number of fused-ring (bicyclic) bond motifs is 2. The third-order valence-electron chi connectivity index (χ3n) is 4.87. The van der Waals surface area contributed by atoms with Crippen LogP contribution in [-0.4, -0.2) is 40.4 Å². The minimum atomic E-state index is -0.545. The summed E-state index contributed by atoms with van der Waals surface area (Å²) in [6.45, 7) is 1.95. The van der Waals surface area contributed by atoms with Crippen molar-refractivity contribution in [1.29, 1.82) is 0 Å². The summed E-state index contributed by atoms with van der Waals surface area (Å²) in [6.07, 6.45) is -0.527. The lowest BCUT2D eigenvalue weighted by atomic mass is 10.2. The van der Waals surface area contributed by atoms with Crippen molar-refractivity contribution in [3.05, 3.63) is 54.4 Å². The molecule has 2 unspecified atom stereocenters. The third kappa shape index (κ3) is 3.81. The van der Waals surface area contributed by atoms with Gasteiger partial charge in [0.2, 0.25) is 17.9 Å². The molecule has 1 aromatic heterocycles. The smallest absolute Gasteiger partial charge is 0.277 e. The number of anilines is 2. The van der Waals surface area contributed by atoms with Crippen LogP contribution in [0, 0.1) is 0 Å². The monoisotopic (exact) mass is 438 g/mol. The van der Waals surface area contributed by atoms with Gasteiger partial charge >= 0.3 is 0 Å². The SMILES string of the molecule is CC(Sc1nnc(C2COc3ccccc3O2)o1)C(=O)N1CC(=O)Nc2ccccc21. The molecular formula is C21H18N4O5S. The van der Waals surface area contributed by atoms with Crippen molar-refractivity contribution in [1.82, 2.24) is 10.2 Å². The number of nitrogens with one attached hydrogen (secondary N) is 1. The molecule has 0 bridgehead atoms. The van der Waals surface area contributed by atoms with Crippen LogP contribution in [0.2, 0.25) is 0 Å². The second kappa shape index (κ2) is 7.95. The van der Waals surface area contributed by atoms with Gasteiger partial charge in [0.25, 0.3) is 11.1 Å². The van der Waals surface area contributed by atoms with E-state index in [1.54, 1.807) is 31.2 Å². The third-order valence-corrected chi connectivity index (χ3v) is 5.79. The Balaban J connectivity index is 1.28. The van der Waals surface area contributed by atoms with Gasteiger partial charge in [-0.05, 0) is 31.2 Å². The number of carbonyl (C=O) groups is 2. The Morgan fingerprint density at radius 2 is 1.94 bits per heavy atom. The van der Waals surface area contributed by atoms with E-state index in [-0.39, 0.29) is 36.1 Å². The van der Waals surface area contributed by atoms with Crippen molar-refractivity contribution >= 4 is 35.0 Å². The van der Waals surface area contributed by atoms with Crippen molar-refractivity contribution in [3.63, 3.8) is 0 Å². The standard InChI is InChI=1S/C21H18N4O5S/c1-12(20(27)25-10-18(26)22-13-6-2-3-7-14(13)25)31-21-24-23-19(30-21)17-11-28-15-8-4-5-9-16(15)29-17/h2-9,12,17H,10-11H2,1H3,(H,22,26). The maximum Gasteiger partial charge on any atom is 0.277 e. The Morgan fingerprint density at radius 3 is 2.81 bits per heavy atom. The van der Waals surface area contributed by atoms with E-state index in [2.05, 4.69) is 15.5 Å². The first-order chi connectivity index (χ1) is 15.1. The number of hydrogen-bond acceptors (Lipinski definition) is 8. The van der Waals surface area contributed by atoms with Crippen molar-refractivity contribution in [2.45, 2.75) is 23.5 Å². The molecule has 2 aliphatic rings. The largest absolute Gasteiger partial charge is 0.485 e. The number of rotatable bonds is 4. The van der Waals surface area contributed by atoms with Gasteiger partial charge in [-0.15, -0.1) is 10.2 Å². The minimum absolute atomic E-state index is 0.0392. The fourth-order valence-electron chi connectivity index (χ4n) is 3.39. The summed E-state index contributed by atoms with van der Waals surface area (Å²) in [5.41, 5.74) is 1.27. The molecule has 0 aliphatic carbocycles. The Labute approximate surface area is 181 Å². The summed E-state index contributed by atoms with van der Waals surface area (Å²) in [6, 6.07) is 14.5. The van der Waals surface area contributed by atoms with E-state index in [0.717, 1.165) is 11.8 Å². The predicted molar refractivity (Wildman–Crippen MR) is 112 cm³/mol. The molecular weight excluding hydrogens is 420 g/mol.